The molecule has 0 spiro atoms. The molecule has 1 aromatic heterocycles. The molecule has 0 bridgehead atoms. The van der Waals surface area contributed by atoms with Gasteiger partial charge in [-0.05, 0) is 38.1 Å². The number of fused-ring (bicyclic) bond motifs is 1. The molecule has 9 nitrogen and oxygen atoms in total. The predicted molar refractivity (Wildman–Crippen MR) is 118 cm³/mol. The molecule has 0 saturated heterocycles. The van der Waals surface area contributed by atoms with Gasteiger partial charge in [-0.3, -0.25) is 9.59 Å². The zero-order chi connectivity index (χ0) is 23.4. The quantitative estimate of drug-likeness (QED) is 0.335. The van der Waals surface area contributed by atoms with Crippen molar-refractivity contribution < 1.29 is 28.6 Å². The van der Waals surface area contributed by atoms with Crippen molar-refractivity contribution in [2.75, 3.05) is 19.8 Å². The molecule has 1 aliphatic rings. The van der Waals surface area contributed by atoms with Gasteiger partial charge >= 0.3 is 5.97 Å². The third-order valence-corrected chi connectivity index (χ3v) is 5.13. The second-order valence-corrected chi connectivity index (χ2v) is 7.50. The second-order valence-electron chi connectivity index (χ2n) is 7.50. The molecule has 0 saturated carbocycles. The average Bonchev–Trinajstić information content (AvgIpc) is 3.14. The Labute approximate surface area is 190 Å². The summed E-state index contributed by atoms with van der Waals surface area (Å²) in [5.41, 5.74) is 1.84. The predicted octanol–water partition coefficient (Wildman–Crippen LogP) is 2.17. The molecular weight excluding hydrogens is 426 g/mol. The molecule has 33 heavy (non-hydrogen) atoms. The highest BCUT2D eigenvalue weighted by Gasteiger charge is 2.27. The molecule has 0 aliphatic carbocycles. The van der Waals surface area contributed by atoms with E-state index in [2.05, 4.69) is 10.4 Å². The smallest absolute Gasteiger partial charge is 0.380 e. The maximum Gasteiger partial charge on any atom is 0.380 e. The Hall–Kier alpha value is -4.14. The largest absolute Gasteiger partial charge is 0.486 e. The van der Waals surface area contributed by atoms with E-state index in [0.717, 1.165) is 5.69 Å². The van der Waals surface area contributed by atoms with E-state index in [-0.39, 0.29) is 24.8 Å². The van der Waals surface area contributed by atoms with Crippen molar-refractivity contribution in [3.8, 4) is 17.2 Å². The van der Waals surface area contributed by atoms with Gasteiger partial charge in [-0.25, -0.2) is 9.48 Å². The van der Waals surface area contributed by atoms with Crippen LogP contribution in [0.25, 0.3) is 5.69 Å². The van der Waals surface area contributed by atoms with E-state index < -0.39 is 24.3 Å². The monoisotopic (exact) mass is 449 g/mol. The third-order valence-electron chi connectivity index (χ3n) is 5.13. The second kappa shape index (κ2) is 9.56. The van der Waals surface area contributed by atoms with Crippen molar-refractivity contribution in [1.82, 2.24) is 15.1 Å². The van der Waals surface area contributed by atoms with Gasteiger partial charge in [-0.1, -0.05) is 30.3 Å². The summed E-state index contributed by atoms with van der Waals surface area (Å²) < 4.78 is 17.9. The zero-order valence-corrected chi connectivity index (χ0v) is 18.2. The number of Topliss-reactive ketones (excluding diaryl/α,β-unsaturated/α-hetero) is 1. The number of aryl methyl sites for hydroxylation is 1. The van der Waals surface area contributed by atoms with Gasteiger partial charge in [-0.15, -0.1) is 0 Å². The number of nitrogens with one attached hydrogen (secondary N) is 1. The summed E-state index contributed by atoms with van der Waals surface area (Å²) in [6.07, 6.45) is -0.379. The number of para-hydroxylation sites is 3. The number of carbonyl (C=O) groups is 3. The van der Waals surface area contributed by atoms with Crippen LogP contribution in [0.1, 0.15) is 21.7 Å². The minimum atomic E-state index is -1.12. The van der Waals surface area contributed by atoms with Crippen LogP contribution in [0.15, 0.2) is 54.6 Å². The lowest BCUT2D eigenvalue weighted by atomic mass is 10.1. The summed E-state index contributed by atoms with van der Waals surface area (Å²) in [5.74, 6) is -1.27. The highest BCUT2D eigenvalue weighted by Crippen LogP contribution is 2.30. The lowest BCUT2D eigenvalue weighted by Crippen LogP contribution is -2.42. The Balaban J connectivity index is 1.30. The number of aromatic nitrogens is 2. The molecule has 1 amide bonds. The molecule has 2 aromatic carbocycles. The van der Waals surface area contributed by atoms with Gasteiger partial charge in [-0.2, -0.15) is 5.10 Å². The van der Waals surface area contributed by atoms with E-state index in [1.807, 2.05) is 42.5 Å². The molecule has 0 fully saturated rings. The first-order valence-electron chi connectivity index (χ1n) is 10.4. The number of hydrogen-bond donors (Lipinski definition) is 1. The van der Waals surface area contributed by atoms with E-state index in [1.165, 1.54) is 0 Å². The fraction of sp³-hybridized carbons (Fsp3) is 0.250. The molecule has 170 valence electrons. The number of rotatable bonds is 7. The Bertz CT molecular complexity index is 1190. The Morgan fingerprint density at radius 2 is 1.76 bits per heavy atom. The number of ketones is 1. The van der Waals surface area contributed by atoms with Gasteiger partial charge in [0, 0.05) is 0 Å². The molecule has 1 atom stereocenters. The van der Waals surface area contributed by atoms with Gasteiger partial charge < -0.3 is 19.5 Å². The van der Waals surface area contributed by atoms with E-state index >= 15 is 0 Å². The van der Waals surface area contributed by atoms with Gasteiger partial charge in [0.05, 0.1) is 29.2 Å². The molecule has 2 heterocycles. The SMILES string of the molecule is Cc1nn(-c2ccccc2)c(C)c1C(=O)C(=O)OCC(=O)NCC1COc2ccccc2O1. The van der Waals surface area contributed by atoms with Crippen molar-refractivity contribution in [2.24, 2.45) is 0 Å². The van der Waals surface area contributed by atoms with Crippen LogP contribution < -0.4 is 14.8 Å². The summed E-state index contributed by atoms with van der Waals surface area (Å²) in [4.78, 5) is 37.1. The number of amides is 1. The van der Waals surface area contributed by atoms with Gasteiger partial charge in [0.25, 0.3) is 11.7 Å². The molecule has 3 aromatic rings. The Morgan fingerprint density at radius 3 is 2.52 bits per heavy atom. The van der Waals surface area contributed by atoms with E-state index in [9.17, 15) is 14.4 Å². The minimum Gasteiger partial charge on any atom is -0.486 e. The van der Waals surface area contributed by atoms with Crippen LogP contribution in [-0.4, -0.2) is 53.3 Å². The highest BCUT2D eigenvalue weighted by atomic mass is 16.6. The number of carbonyl (C=O) groups excluding carboxylic acids is 3. The van der Waals surface area contributed by atoms with Crippen molar-refractivity contribution in [3.63, 3.8) is 0 Å². The van der Waals surface area contributed by atoms with Crippen LogP contribution in [0.5, 0.6) is 11.5 Å². The van der Waals surface area contributed by atoms with E-state index in [0.29, 0.717) is 22.9 Å². The number of hydrogen-bond acceptors (Lipinski definition) is 7. The lowest BCUT2D eigenvalue weighted by molar-refractivity contribution is -0.144. The fourth-order valence-corrected chi connectivity index (χ4v) is 3.53. The Morgan fingerprint density at radius 1 is 1.06 bits per heavy atom. The lowest BCUT2D eigenvalue weighted by Gasteiger charge is -2.26. The number of nitrogens with zero attached hydrogens (tertiary/aromatic N) is 2. The van der Waals surface area contributed by atoms with Crippen LogP contribution in [0.4, 0.5) is 0 Å². The molecule has 1 aliphatic heterocycles. The van der Waals surface area contributed by atoms with Crippen molar-refractivity contribution in [3.05, 3.63) is 71.5 Å². The number of ether oxygens (including phenoxy) is 3. The van der Waals surface area contributed by atoms with E-state index in [4.69, 9.17) is 14.2 Å². The number of benzene rings is 2. The molecule has 4 rings (SSSR count). The van der Waals surface area contributed by atoms with Crippen LogP contribution in [-0.2, 0) is 14.3 Å². The van der Waals surface area contributed by atoms with Gasteiger partial charge in [0.15, 0.2) is 18.1 Å². The zero-order valence-electron chi connectivity index (χ0n) is 18.2. The minimum absolute atomic E-state index is 0.163. The number of esters is 1. The van der Waals surface area contributed by atoms with Crippen molar-refractivity contribution >= 4 is 17.7 Å². The van der Waals surface area contributed by atoms with Crippen LogP contribution in [0, 0.1) is 13.8 Å². The van der Waals surface area contributed by atoms with Crippen LogP contribution in [0.3, 0.4) is 0 Å². The molecule has 1 N–H and O–H groups in total. The summed E-state index contributed by atoms with van der Waals surface area (Å²) >= 11 is 0. The molecule has 0 radical (unpaired) electrons. The van der Waals surface area contributed by atoms with Gasteiger partial charge in [0.2, 0.25) is 0 Å². The maximum absolute atomic E-state index is 12.7. The maximum atomic E-state index is 12.7. The fourth-order valence-electron chi connectivity index (χ4n) is 3.53. The van der Waals surface area contributed by atoms with Gasteiger partial charge in [0.1, 0.15) is 12.7 Å². The molecular formula is C24H23N3O6. The first-order chi connectivity index (χ1) is 15.9. The topological polar surface area (TPSA) is 109 Å². The third kappa shape index (κ3) is 4.87. The van der Waals surface area contributed by atoms with Crippen LogP contribution in [0.2, 0.25) is 0 Å². The standard InChI is InChI=1S/C24H23N3O6/c1-15-22(16(2)27(26-15)17-8-4-3-5-9-17)23(29)24(30)32-14-21(28)25-12-18-13-31-19-10-6-7-11-20(19)33-18/h3-11,18H,12-14H2,1-2H3,(H,25,28). The first kappa shape index (κ1) is 22.1. The summed E-state index contributed by atoms with van der Waals surface area (Å²) in [5, 5.41) is 6.98. The Kier molecular flexibility index (Phi) is 6.39. The molecule has 9 heteroatoms. The average molecular weight is 449 g/mol. The highest BCUT2D eigenvalue weighted by molar-refractivity contribution is 6.41. The van der Waals surface area contributed by atoms with Crippen molar-refractivity contribution in [1.29, 1.82) is 0 Å². The van der Waals surface area contributed by atoms with Crippen LogP contribution >= 0.6 is 0 Å². The van der Waals surface area contributed by atoms with E-state index in [1.54, 1.807) is 30.7 Å². The normalized spacial score (nSPS) is 14.4. The summed E-state index contributed by atoms with van der Waals surface area (Å²) in [7, 11) is 0. The molecule has 1 unspecified atom stereocenters. The summed E-state index contributed by atoms with van der Waals surface area (Å²) in [6, 6.07) is 16.5. The summed E-state index contributed by atoms with van der Waals surface area (Å²) in [6.45, 7) is 3.20. The van der Waals surface area contributed by atoms with Crippen molar-refractivity contribution in [2.45, 2.75) is 20.0 Å². The first-order valence-corrected chi connectivity index (χ1v) is 10.4.